The molecule has 35 heavy (non-hydrogen) atoms. The van der Waals surface area contributed by atoms with Crippen LogP contribution in [0.25, 0.3) is 0 Å². The number of benzene rings is 2. The molecule has 2 aromatic rings. The van der Waals surface area contributed by atoms with Crippen molar-refractivity contribution < 1.29 is 32.7 Å². The van der Waals surface area contributed by atoms with Crippen LogP contribution in [0.5, 0.6) is 5.75 Å². The Kier molecular flexibility index (Phi) is 11.6. The molecule has 0 saturated carbocycles. The van der Waals surface area contributed by atoms with Crippen LogP contribution in [-0.2, 0) is 26.2 Å². The Bertz CT molecular complexity index is 1110. The number of carbonyl (C=O) groups is 2. The van der Waals surface area contributed by atoms with Crippen molar-refractivity contribution in [2.45, 2.75) is 43.7 Å². The van der Waals surface area contributed by atoms with E-state index in [1.54, 1.807) is 6.92 Å². The van der Waals surface area contributed by atoms with Crippen LogP contribution in [0.3, 0.4) is 0 Å². The average Bonchev–Trinajstić information content (AvgIpc) is 2.87. The first-order valence-electron chi connectivity index (χ1n) is 10.9. The van der Waals surface area contributed by atoms with Crippen LogP contribution in [0.15, 0.2) is 59.5 Å². The zero-order valence-electron chi connectivity index (χ0n) is 19.3. The molecule has 4 N–H and O–H groups in total. The first kappa shape index (κ1) is 27.7. The van der Waals surface area contributed by atoms with Crippen molar-refractivity contribution in [3.05, 3.63) is 60.2 Å². The maximum absolute atomic E-state index is 12.7. The van der Waals surface area contributed by atoms with Crippen molar-refractivity contribution in [1.29, 1.82) is 0 Å². The molecular weight excluding hydrogens is 474 g/mol. The van der Waals surface area contributed by atoms with Gasteiger partial charge >= 0.3 is 6.09 Å². The number of unbranched alkanes of at least 4 members (excludes halogenated alkanes) is 1. The third-order valence-corrected chi connectivity index (χ3v) is 6.24. The number of hydrogen-bond donors (Lipinski definition) is 4. The van der Waals surface area contributed by atoms with E-state index in [0.717, 1.165) is 5.56 Å². The largest absolute Gasteiger partial charge is 0.481 e. The monoisotopic (exact) mass is 503 g/mol. The van der Waals surface area contributed by atoms with Gasteiger partial charge in [-0.15, -0.1) is 5.92 Å². The summed E-state index contributed by atoms with van der Waals surface area (Å²) in [6.07, 6.45) is 0.381. The molecule has 0 unspecified atom stereocenters. The second-order valence-electron chi connectivity index (χ2n) is 7.32. The van der Waals surface area contributed by atoms with E-state index in [0.29, 0.717) is 18.6 Å². The van der Waals surface area contributed by atoms with E-state index in [-0.39, 0.29) is 31.1 Å². The quantitative estimate of drug-likeness (QED) is 0.142. The Hall–Kier alpha value is -3.59. The first-order chi connectivity index (χ1) is 16.9. The molecule has 0 bridgehead atoms. The number of sulfonamides is 1. The number of hydrogen-bond acceptors (Lipinski definition) is 7. The summed E-state index contributed by atoms with van der Waals surface area (Å²) < 4.78 is 38.1. The van der Waals surface area contributed by atoms with E-state index in [9.17, 15) is 18.0 Å². The molecule has 0 fully saturated rings. The van der Waals surface area contributed by atoms with E-state index >= 15 is 0 Å². The fraction of sp³-hybridized carbons (Fsp3) is 0.333. The third kappa shape index (κ3) is 10.1. The van der Waals surface area contributed by atoms with Gasteiger partial charge in [-0.25, -0.2) is 18.7 Å². The average molecular weight is 504 g/mol. The van der Waals surface area contributed by atoms with Gasteiger partial charge in [0.25, 0.3) is 5.91 Å². The second-order valence-corrected chi connectivity index (χ2v) is 9.04. The van der Waals surface area contributed by atoms with Gasteiger partial charge in [0.05, 0.1) is 4.90 Å². The van der Waals surface area contributed by atoms with Gasteiger partial charge < -0.3 is 14.8 Å². The fourth-order valence-corrected chi connectivity index (χ4v) is 4.15. The van der Waals surface area contributed by atoms with Crippen molar-refractivity contribution in [2.24, 2.45) is 0 Å². The summed E-state index contributed by atoms with van der Waals surface area (Å²) in [6, 6.07) is 13.7. The van der Waals surface area contributed by atoms with Gasteiger partial charge in [0.1, 0.15) is 25.0 Å². The molecule has 0 heterocycles. The highest BCUT2D eigenvalue weighted by Gasteiger charge is 2.25. The van der Waals surface area contributed by atoms with Crippen molar-refractivity contribution in [3.8, 4) is 17.6 Å². The molecule has 2 amide bonds. The molecule has 0 aromatic heterocycles. The zero-order chi connectivity index (χ0) is 25.5. The number of carbonyl (C=O) groups excluding carboxylic acids is 2. The molecule has 0 aliphatic carbocycles. The topological polar surface area (TPSA) is 143 Å². The van der Waals surface area contributed by atoms with Crippen LogP contribution in [0.2, 0.25) is 0 Å². The van der Waals surface area contributed by atoms with Gasteiger partial charge in [-0.1, -0.05) is 36.3 Å². The Labute approximate surface area is 205 Å². The van der Waals surface area contributed by atoms with E-state index in [4.69, 9.17) is 14.7 Å². The highest BCUT2D eigenvalue weighted by atomic mass is 32.2. The van der Waals surface area contributed by atoms with Crippen molar-refractivity contribution in [2.75, 3.05) is 13.2 Å². The number of amides is 2. The summed E-state index contributed by atoms with van der Waals surface area (Å²) in [5.74, 6) is 4.98. The maximum atomic E-state index is 12.7. The van der Waals surface area contributed by atoms with E-state index in [1.165, 1.54) is 29.7 Å². The lowest BCUT2D eigenvalue weighted by Crippen LogP contribution is -2.45. The number of rotatable bonds is 13. The van der Waals surface area contributed by atoms with E-state index in [1.807, 2.05) is 30.3 Å². The van der Waals surface area contributed by atoms with Gasteiger partial charge in [-0.05, 0) is 56.0 Å². The highest BCUT2D eigenvalue weighted by molar-refractivity contribution is 7.89. The molecule has 188 valence electrons. The Morgan fingerprint density at radius 2 is 1.77 bits per heavy atom. The minimum absolute atomic E-state index is 0.0648. The summed E-state index contributed by atoms with van der Waals surface area (Å²) >= 11 is 0. The van der Waals surface area contributed by atoms with Crippen molar-refractivity contribution in [1.82, 2.24) is 15.5 Å². The molecule has 0 radical (unpaired) electrons. The van der Waals surface area contributed by atoms with Gasteiger partial charge in [0.15, 0.2) is 0 Å². The number of nitrogens with one attached hydrogen (secondary N) is 3. The summed E-state index contributed by atoms with van der Waals surface area (Å²) in [5, 5.41) is 11.6. The summed E-state index contributed by atoms with van der Waals surface area (Å²) in [6.45, 7) is 2.28. The Morgan fingerprint density at radius 1 is 1.06 bits per heavy atom. The summed E-state index contributed by atoms with van der Waals surface area (Å²) in [7, 11) is -4.04. The molecule has 11 heteroatoms. The Morgan fingerprint density at radius 3 is 2.43 bits per heavy atom. The predicted molar refractivity (Wildman–Crippen MR) is 128 cm³/mol. The maximum Gasteiger partial charge on any atom is 0.407 e. The fourth-order valence-electron chi connectivity index (χ4n) is 2.92. The summed E-state index contributed by atoms with van der Waals surface area (Å²) in [4.78, 5) is 23.7. The van der Waals surface area contributed by atoms with Crippen LogP contribution in [0.4, 0.5) is 4.79 Å². The molecule has 0 saturated heterocycles. The van der Waals surface area contributed by atoms with E-state index < -0.39 is 28.1 Å². The minimum Gasteiger partial charge on any atom is -0.481 e. The third-order valence-electron chi connectivity index (χ3n) is 4.75. The SMILES string of the molecule is CC#CCOc1ccc(S(=O)(=O)N[C@H](CCCCNC(=O)OCc2ccccc2)C(=O)NO)cc1. The van der Waals surface area contributed by atoms with Crippen LogP contribution in [-0.4, -0.2) is 44.8 Å². The van der Waals surface area contributed by atoms with Gasteiger partial charge in [0.2, 0.25) is 10.0 Å². The molecule has 0 aliphatic rings. The number of hydroxylamine groups is 1. The van der Waals surface area contributed by atoms with Gasteiger partial charge in [-0.2, -0.15) is 4.72 Å². The lowest BCUT2D eigenvalue weighted by atomic mass is 10.1. The van der Waals surface area contributed by atoms with Crippen LogP contribution < -0.4 is 20.3 Å². The Balaban J connectivity index is 1.80. The lowest BCUT2D eigenvalue weighted by Gasteiger charge is -2.17. The summed E-state index contributed by atoms with van der Waals surface area (Å²) in [5.41, 5.74) is 2.34. The molecule has 2 rings (SSSR count). The smallest absolute Gasteiger partial charge is 0.407 e. The molecule has 0 spiro atoms. The molecule has 1 atom stereocenters. The number of alkyl carbamates (subject to hydrolysis) is 1. The molecular formula is C24H29N3O7S. The van der Waals surface area contributed by atoms with Crippen molar-refractivity contribution >= 4 is 22.0 Å². The minimum atomic E-state index is -4.04. The van der Waals surface area contributed by atoms with Crippen LogP contribution >= 0.6 is 0 Å². The normalized spacial score (nSPS) is 11.5. The van der Waals surface area contributed by atoms with Crippen LogP contribution in [0, 0.1) is 11.8 Å². The zero-order valence-corrected chi connectivity index (χ0v) is 20.1. The van der Waals surface area contributed by atoms with E-state index in [2.05, 4.69) is 21.9 Å². The standard InChI is InChI=1S/C24H29N3O7S/c1-2-3-17-33-20-12-14-21(15-13-20)35(31,32)27-22(23(28)26-30)11-7-8-16-25-24(29)34-18-19-9-5-4-6-10-19/h4-6,9-10,12-15,22,27,30H,7-8,11,16-18H2,1H3,(H,25,29)(H,26,28)/t22-/m1/s1. The first-order valence-corrected chi connectivity index (χ1v) is 12.4. The molecule has 0 aliphatic heterocycles. The molecule has 10 nitrogen and oxygen atoms in total. The highest BCUT2D eigenvalue weighted by Crippen LogP contribution is 2.17. The molecule has 2 aromatic carbocycles. The van der Waals surface area contributed by atoms with Crippen molar-refractivity contribution in [3.63, 3.8) is 0 Å². The second kappa shape index (κ2) is 14.6. The van der Waals surface area contributed by atoms with Gasteiger partial charge in [-0.3, -0.25) is 10.0 Å². The van der Waals surface area contributed by atoms with Gasteiger partial charge in [0, 0.05) is 6.54 Å². The number of ether oxygens (including phenoxy) is 2. The predicted octanol–water partition coefficient (Wildman–Crippen LogP) is 2.34. The lowest BCUT2D eigenvalue weighted by molar-refractivity contribution is -0.131. The van der Waals surface area contributed by atoms with Crippen LogP contribution in [0.1, 0.15) is 31.7 Å².